The number of carbonyl (C=O) groups excluding carboxylic acids is 3. The molecular weight excluding hydrogens is 268 g/mol. The molecule has 0 aromatic heterocycles. The number of likely N-dealkylation sites (tertiary alicyclic amines) is 1. The highest BCUT2D eigenvalue weighted by molar-refractivity contribution is 6.09. The second-order valence-corrected chi connectivity index (χ2v) is 5.45. The van der Waals surface area contributed by atoms with Crippen LogP contribution in [0.3, 0.4) is 0 Å². The summed E-state index contributed by atoms with van der Waals surface area (Å²) in [5.41, 5.74) is 5.97. The fourth-order valence-corrected chi connectivity index (χ4v) is 2.91. The Kier molecular flexibility index (Phi) is 4.73. The minimum atomic E-state index is -0.804. The van der Waals surface area contributed by atoms with Gasteiger partial charge in [-0.05, 0) is 18.8 Å². The third kappa shape index (κ3) is 3.48. The van der Waals surface area contributed by atoms with E-state index in [0.717, 1.165) is 0 Å². The number of carbonyl (C=O) groups is 3. The number of nitrogens with two attached hydrogens (primary N) is 1. The molecule has 1 aromatic carbocycles. The molecule has 1 fully saturated rings. The quantitative estimate of drug-likeness (QED) is 0.668. The molecule has 2 rings (SSSR count). The Bertz CT molecular complexity index is 534. The van der Waals surface area contributed by atoms with Gasteiger partial charge in [-0.25, -0.2) is 0 Å². The molecule has 5 nitrogen and oxygen atoms in total. The number of piperidine rings is 1. The normalized spacial score (nSPS) is 17.3. The molecule has 1 unspecified atom stereocenters. The van der Waals surface area contributed by atoms with Crippen LogP contribution in [0, 0.1) is 11.8 Å². The number of hydrogen-bond donors (Lipinski definition) is 1. The van der Waals surface area contributed by atoms with E-state index in [1.807, 2.05) is 6.07 Å². The molecule has 21 heavy (non-hydrogen) atoms. The lowest BCUT2D eigenvalue weighted by Crippen LogP contribution is -2.44. The van der Waals surface area contributed by atoms with Gasteiger partial charge in [0.1, 0.15) is 5.92 Å². The zero-order chi connectivity index (χ0) is 15.4. The number of amides is 2. The third-order valence-electron chi connectivity index (χ3n) is 4.10. The maximum absolute atomic E-state index is 12.5. The van der Waals surface area contributed by atoms with E-state index in [0.29, 0.717) is 31.5 Å². The van der Waals surface area contributed by atoms with Crippen LogP contribution in [0.25, 0.3) is 0 Å². The van der Waals surface area contributed by atoms with Crippen LogP contribution < -0.4 is 5.73 Å². The van der Waals surface area contributed by atoms with Crippen molar-refractivity contribution in [2.75, 3.05) is 13.1 Å². The zero-order valence-electron chi connectivity index (χ0n) is 12.1. The molecule has 0 spiro atoms. The second-order valence-electron chi connectivity index (χ2n) is 5.45. The highest BCUT2D eigenvalue weighted by atomic mass is 16.2. The van der Waals surface area contributed by atoms with Crippen LogP contribution in [0.5, 0.6) is 0 Å². The number of rotatable bonds is 4. The van der Waals surface area contributed by atoms with Gasteiger partial charge in [-0.15, -0.1) is 0 Å². The van der Waals surface area contributed by atoms with Crippen LogP contribution in [0.1, 0.15) is 30.1 Å². The van der Waals surface area contributed by atoms with Gasteiger partial charge >= 0.3 is 0 Å². The first kappa shape index (κ1) is 15.2. The molecule has 1 saturated heterocycles. The van der Waals surface area contributed by atoms with Crippen LogP contribution in [0.15, 0.2) is 30.3 Å². The summed E-state index contributed by atoms with van der Waals surface area (Å²) in [7, 11) is 0. The van der Waals surface area contributed by atoms with Gasteiger partial charge < -0.3 is 10.6 Å². The molecule has 1 aliphatic heterocycles. The largest absolute Gasteiger partial charge is 0.369 e. The summed E-state index contributed by atoms with van der Waals surface area (Å²) in [6, 6.07) is 8.75. The number of hydrogen-bond acceptors (Lipinski definition) is 3. The van der Waals surface area contributed by atoms with Crippen molar-refractivity contribution < 1.29 is 14.4 Å². The standard InChI is InChI=1S/C16H20N2O3/c1-11(19)18-9-7-12(8-10-18)14(16(17)21)15(20)13-5-3-2-4-6-13/h2-6,12,14H,7-10H2,1H3,(H2,17,21). The highest BCUT2D eigenvalue weighted by Crippen LogP contribution is 2.28. The first-order chi connectivity index (χ1) is 10.0. The Morgan fingerprint density at radius 3 is 2.19 bits per heavy atom. The zero-order valence-corrected chi connectivity index (χ0v) is 12.1. The number of primary amides is 1. The Morgan fingerprint density at radius 2 is 1.71 bits per heavy atom. The van der Waals surface area contributed by atoms with Gasteiger partial charge in [0.25, 0.3) is 0 Å². The fraction of sp³-hybridized carbons (Fsp3) is 0.438. The van der Waals surface area contributed by atoms with E-state index in [1.54, 1.807) is 29.2 Å². The second kappa shape index (κ2) is 6.52. The SMILES string of the molecule is CC(=O)N1CCC(C(C(N)=O)C(=O)c2ccccc2)CC1. The molecule has 1 aliphatic rings. The fourth-order valence-electron chi connectivity index (χ4n) is 2.91. The van der Waals surface area contributed by atoms with Gasteiger partial charge in [0.15, 0.2) is 5.78 Å². The lowest BCUT2D eigenvalue weighted by atomic mass is 9.79. The molecule has 5 heteroatoms. The maximum Gasteiger partial charge on any atom is 0.228 e. The van der Waals surface area contributed by atoms with Crippen molar-refractivity contribution in [2.24, 2.45) is 17.6 Å². The Morgan fingerprint density at radius 1 is 1.14 bits per heavy atom. The molecule has 2 N–H and O–H groups in total. The van der Waals surface area contributed by atoms with E-state index < -0.39 is 11.8 Å². The topological polar surface area (TPSA) is 80.5 Å². The predicted octanol–water partition coefficient (Wildman–Crippen LogP) is 1.23. The first-order valence-electron chi connectivity index (χ1n) is 7.14. The summed E-state index contributed by atoms with van der Waals surface area (Å²) in [5.74, 6) is -1.67. The van der Waals surface area contributed by atoms with Crippen LogP contribution in [0.2, 0.25) is 0 Å². The highest BCUT2D eigenvalue weighted by Gasteiger charge is 2.36. The smallest absolute Gasteiger partial charge is 0.228 e. The summed E-state index contributed by atoms with van der Waals surface area (Å²) < 4.78 is 0. The van der Waals surface area contributed by atoms with Crippen molar-refractivity contribution in [3.8, 4) is 0 Å². The molecule has 1 atom stereocenters. The minimum absolute atomic E-state index is 0.0264. The number of ketones is 1. The van der Waals surface area contributed by atoms with Crippen molar-refractivity contribution in [1.29, 1.82) is 0 Å². The van der Waals surface area contributed by atoms with Crippen LogP contribution in [-0.2, 0) is 9.59 Å². The summed E-state index contributed by atoms with van der Waals surface area (Å²) in [4.78, 5) is 37.3. The number of Topliss-reactive ketones (excluding diaryl/α,β-unsaturated/α-hetero) is 1. The molecule has 0 saturated carbocycles. The molecule has 0 bridgehead atoms. The van der Waals surface area contributed by atoms with Gasteiger partial charge in [0.05, 0.1) is 0 Å². The van der Waals surface area contributed by atoms with Crippen LogP contribution >= 0.6 is 0 Å². The van der Waals surface area contributed by atoms with Gasteiger partial charge in [-0.1, -0.05) is 30.3 Å². The van der Waals surface area contributed by atoms with E-state index in [1.165, 1.54) is 6.92 Å². The lowest BCUT2D eigenvalue weighted by Gasteiger charge is -2.34. The van der Waals surface area contributed by atoms with E-state index in [4.69, 9.17) is 5.73 Å². The lowest BCUT2D eigenvalue weighted by molar-refractivity contribution is -0.130. The summed E-state index contributed by atoms with van der Waals surface area (Å²) in [6.07, 6.45) is 1.26. The average molecular weight is 288 g/mol. The molecule has 2 amide bonds. The number of benzene rings is 1. The first-order valence-corrected chi connectivity index (χ1v) is 7.14. The van der Waals surface area contributed by atoms with Crippen molar-refractivity contribution in [3.05, 3.63) is 35.9 Å². The monoisotopic (exact) mass is 288 g/mol. The molecule has 112 valence electrons. The Labute approximate surface area is 124 Å². The number of nitrogens with zero attached hydrogens (tertiary/aromatic N) is 1. The van der Waals surface area contributed by atoms with Crippen LogP contribution in [0.4, 0.5) is 0 Å². The van der Waals surface area contributed by atoms with E-state index in [9.17, 15) is 14.4 Å². The molecule has 0 radical (unpaired) electrons. The van der Waals surface area contributed by atoms with Crippen molar-refractivity contribution in [3.63, 3.8) is 0 Å². The molecule has 0 aliphatic carbocycles. The predicted molar refractivity (Wildman–Crippen MR) is 78.4 cm³/mol. The van der Waals surface area contributed by atoms with Crippen molar-refractivity contribution >= 4 is 17.6 Å². The van der Waals surface area contributed by atoms with Gasteiger partial charge in [0.2, 0.25) is 11.8 Å². The maximum atomic E-state index is 12.5. The molecular formula is C16H20N2O3. The van der Waals surface area contributed by atoms with Crippen molar-refractivity contribution in [2.45, 2.75) is 19.8 Å². The van der Waals surface area contributed by atoms with E-state index in [-0.39, 0.29) is 17.6 Å². The van der Waals surface area contributed by atoms with Gasteiger partial charge in [0, 0.05) is 25.6 Å². The van der Waals surface area contributed by atoms with Crippen LogP contribution in [-0.4, -0.2) is 35.6 Å². The summed E-state index contributed by atoms with van der Waals surface area (Å²) in [5, 5.41) is 0. The molecule has 1 heterocycles. The summed E-state index contributed by atoms with van der Waals surface area (Å²) in [6.45, 7) is 2.68. The molecule has 1 aromatic rings. The van der Waals surface area contributed by atoms with Gasteiger partial charge in [-0.2, -0.15) is 0 Å². The van der Waals surface area contributed by atoms with E-state index >= 15 is 0 Å². The van der Waals surface area contributed by atoms with E-state index in [2.05, 4.69) is 0 Å². The van der Waals surface area contributed by atoms with Gasteiger partial charge in [-0.3, -0.25) is 14.4 Å². The average Bonchev–Trinajstić information content (AvgIpc) is 2.48. The Balaban J connectivity index is 2.12. The third-order valence-corrected chi connectivity index (χ3v) is 4.10. The summed E-state index contributed by atoms with van der Waals surface area (Å²) >= 11 is 0. The van der Waals surface area contributed by atoms with Crippen molar-refractivity contribution in [1.82, 2.24) is 4.90 Å². The minimum Gasteiger partial charge on any atom is -0.369 e. The Hall–Kier alpha value is -2.17.